The first-order valence-electron chi connectivity index (χ1n) is 8.31. The third kappa shape index (κ3) is 3.97. The van der Waals surface area contributed by atoms with Gasteiger partial charge >= 0.3 is 12.6 Å². The summed E-state index contributed by atoms with van der Waals surface area (Å²) in [5.74, 6) is -0.426. The van der Waals surface area contributed by atoms with Gasteiger partial charge < -0.3 is 10.1 Å². The van der Waals surface area contributed by atoms with E-state index < -0.39 is 24.1 Å². The van der Waals surface area contributed by atoms with Gasteiger partial charge in [0.1, 0.15) is 11.3 Å². The molecule has 2 aromatic carbocycles. The lowest BCUT2D eigenvalue weighted by molar-refractivity contribution is -0.130. The Hall–Kier alpha value is -3.22. The first-order chi connectivity index (χ1) is 12.9. The molecular formula is C20H18F2N2O3. The highest BCUT2D eigenvalue weighted by Crippen LogP contribution is 2.30. The maximum Gasteiger partial charge on any atom is 0.387 e. The Balaban J connectivity index is 1.73. The van der Waals surface area contributed by atoms with Crippen molar-refractivity contribution in [1.82, 2.24) is 10.2 Å². The van der Waals surface area contributed by atoms with E-state index in [0.717, 1.165) is 10.5 Å². The van der Waals surface area contributed by atoms with Gasteiger partial charge in [0, 0.05) is 6.54 Å². The van der Waals surface area contributed by atoms with Crippen LogP contribution >= 0.6 is 0 Å². The highest BCUT2D eigenvalue weighted by Gasteiger charge is 2.48. The SMILES string of the molecule is CC1(c2ccc(OC(F)F)cc2)NC(=O)N(C/C=C/c2ccccc2)C1=O. The molecule has 5 nitrogen and oxygen atoms in total. The van der Waals surface area contributed by atoms with E-state index in [1.165, 1.54) is 24.3 Å². The molecule has 140 valence electrons. The molecule has 1 N–H and O–H groups in total. The molecule has 3 rings (SSSR count). The summed E-state index contributed by atoms with van der Waals surface area (Å²) in [6.45, 7) is -1.22. The van der Waals surface area contributed by atoms with Gasteiger partial charge in [0.2, 0.25) is 0 Å². The molecule has 1 heterocycles. The maximum absolute atomic E-state index is 12.8. The third-order valence-electron chi connectivity index (χ3n) is 4.33. The van der Waals surface area contributed by atoms with Crippen LogP contribution in [0, 0.1) is 0 Å². The zero-order chi connectivity index (χ0) is 19.4. The summed E-state index contributed by atoms with van der Waals surface area (Å²) in [5.41, 5.74) is 0.181. The average molecular weight is 372 g/mol. The lowest BCUT2D eigenvalue weighted by atomic mass is 9.92. The monoisotopic (exact) mass is 372 g/mol. The standard InChI is InChI=1S/C20H18F2N2O3/c1-20(15-9-11-16(12-10-15)27-18(21)22)17(25)24(19(26)23-20)13-5-8-14-6-3-2-4-7-14/h2-12,18H,13H2,1H3,(H,23,26)/b8-5+. The first-order valence-corrected chi connectivity index (χ1v) is 8.31. The molecule has 1 aliphatic rings. The summed E-state index contributed by atoms with van der Waals surface area (Å²) in [7, 11) is 0. The first kappa shape index (κ1) is 18.6. The van der Waals surface area contributed by atoms with Gasteiger partial charge in [0.25, 0.3) is 5.91 Å². The Bertz CT molecular complexity index is 853. The molecule has 1 fully saturated rings. The van der Waals surface area contributed by atoms with Crippen molar-refractivity contribution in [1.29, 1.82) is 0 Å². The number of amides is 3. The topological polar surface area (TPSA) is 58.6 Å². The number of hydrogen-bond acceptors (Lipinski definition) is 3. The molecule has 3 amide bonds. The van der Waals surface area contributed by atoms with E-state index in [1.54, 1.807) is 13.0 Å². The molecule has 1 aliphatic heterocycles. The fraction of sp³-hybridized carbons (Fsp3) is 0.200. The van der Waals surface area contributed by atoms with Gasteiger partial charge in [-0.15, -0.1) is 0 Å². The predicted molar refractivity (Wildman–Crippen MR) is 96.1 cm³/mol. The zero-order valence-electron chi connectivity index (χ0n) is 14.6. The number of benzene rings is 2. The number of rotatable bonds is 6. The number of ether oxygens (including phenoxy) is 1. The largest absolute Gasteiger partial charge is 0.435 e. The molecule has 0 aromatic heterocycles. The lowest BCUT2D eigenvalue weighted by Gasteiger charge is -2.22. The number of carbonyl (C=O) groups is 2. The van der Waals surface area contributed by atoms with Crippen molar-refractivity contribution in [3.8, 4) is 5.75 Å². The number of hydrogen-bond donors (Lipinski definition) is 1. The van der Waals surface area contributed by atoms with Crippen molar-refractivity contribution in [2.75, 3.05) is 6.54 Å². The van der Waals surface area contributed by atoms with E-state index in [1.807, 2.05) is 36.4 Å². The van der Waals surface area contributed by atoms with Gasteiger partial charge in [0.15, 0.2) is 0 Å². The summed E-state index contributed by atoms with van der Waals surface area (Å²) < 4.78 is 28.8. The molecule has 0 spiro atoms. The van der Waals surface area contributed by atoms with Gasteiger partial charge in [-0.25, -0.2) is 4.79 Å². The normalized spacial score (nSPS) is 19.8. The molecule has 27 heavy (non-hydrogen) atoms. The zero-order valence-corrected chi connectivity index (χ0v) is 14.6. The fourth-order valence-electron chi connectivity index (χ4n) is 2.89. The predicted octanol–water partition coefficient (Wildman–Crippen LogP) is 3.77. The van der Waals surface area contributed by atoms with Crippen molar-refractivity contribution in [3.05, 3.63) is 71.8 Å². The second-order valence-corrected chi connectivity index (χ2v) is 6.19. The number of nitrogens with zero attached hydrogens (tertiary/aromatic N) is 1. The molecule has 0 aliphatic carbocycles. The Kier molecular flexibility index (Phi) is 5.21. The quantitative estimate of drug-likeness (QED) is 0.786. The Morgan fingerprint density at radius 1 is 1.11 bits per heavy atom. The average Bonchev–Trinajstić information content (AvgIpc) is 2.86. The summed E-state index contributed by atoms with van der Waals surface area (Å²) in [6.07, 6.45) is 3.56. The van der Waals surface area contributed by atoms with Crippen LogP contribution in [-0.4, -0.2) is 30.0 Å². The number of carbonyl (C=O) groups excluding carboxylic acids is 2. The van der Waals surface area contributed by atoms with Crippen LogP contribution in [0.15, 0.2) is 60.7 Å². The van der Waals surface area contributed by atoms with Gasteiger partial charge in [-0.3, -0.25) is 9.69 Å². The van der Waals surface area contributed by atoms with Gasteiger partial charge in [-0.2, -0.15) is 8.78 Å². The van der Waals surface area contributed by atoms with Crippen molar-refractivity contribution in [3.63, 3.8) is 0 Å². The highest BCUT2D eigenvalue weighted by atomic mass is 19.3. The molecule has 0 saturated carbocycles. The Labute approximate surface area is 155 Å². The lowest BCUT2D eigenvalue weighted by Crippen LogP contribution is -2.40. The number of urea groups is 1. The van der Waals surface area contributed by atoms with Crippen molar-refractivity contribution < 1.29 is 23.1 Å². The van der Waals surface area contributed by atoms with E-state index >= 15 is 0 Å². The van der Waals surface area contributed by atoms with Crippen molar-refractivity contribution in [2.24, 2.45) is 0 Å². The molecule has 2 aromatic rings. The van der Waals surface area contributed by atoms with E-state index in [9.17, 15) is 18.4 Å². The van der Waals surface area contributed by atoms with Crippen LogP contribution < -0.4 is 10.1 Å². The minimum Gasteiger partial charge on any atom is -0.435 e. The highest BCUT2D eigenvalue weighted by molar-refractivity contribution is 6.07. The number of nitrogens with one attached hydrogen (secondary N) is 1. The van der Waals surface area contributed by atoms with E-state index in [0.29, 0.717) is 5.56 Å². The van der Waals surface area contributed by atoms with Gasteiger partial charge in [0.05, 0.1) is 0 Å². The smallest absolute Gasteiger partial charge is 0.387 e. The van der Waals surface area contributed by atoms with Crippen molar-refractivity contribution in [2.45, 2.75) is 19.1 Å². The van der Waals surface area contributed by atoms with Crippen molar-refractivity contribution >= 4 is 18.0 Å². The summed E-state index contributed by atoms with van der Waals surface area (Å²) >= 11 is 0. The Morgan fingerprint density at radius 3 is 2.41 bits per heavy atom. The second kappa shape index (κ2) is 7.57. The number of imide groups is 1. The molecule has 1 saturated heterocycles. The van der Waals surface area contributed by atoms with Crippen LogP contribution in [-0.2, 0) is 10.3 Å². The van der Waals surface area contributed by atoms with E-state index in [4.69, 9.17) is 0 Å². The number of alkyl halides is 2. The van der Waals surface area contributed by atoms with Crippen LogP contribution in [0.3, 0.4) is 0 Å². The van der Waals surface area contributed by atoms with E-state index in [-0.39, 0.29) is 12.3 Å². The molecule has 0 bridgehead atoms. The molecular weight excluding hydrogens is 354 g/mol. The van der Waals surface area contributed by atoms with Crippen LogP contribution in [0.1, 0.15) is 18.1 Å². The summed E-state index contributed by atoms with van der Waals surface area (Å²) in [5, 5.41) is 2.67. The summed E-state index contributed by atoms with van der Waals surface area (Å²) in [4.78, 5) is 26.2. The fourth-order valence-corrected chi connectivity index (χ4v) is 2.89. The second-order valence-electron chi connectivity index (χ2n) is 6.19. The maximum atomic E-state index is 12.8. The number of halogens is 2. The van der Waals surface area contributed by atoms with E-state index in [2.05, 4.69) is 10.1 Å². The van der Waals surface area contributed by atoms with Crippen LogP contribution in [0.2, 0.25) is 0 Å². The third-order valence-corrected chi connectivity index (χ3v) is 4.33. The summed E-state index contributed by atoms with van der Waals surface area (Å²) in [6, 6.07) is 14.7. The minimum absolute atomic E-state index is 0.0169. The molecule has 0 radical (unpaired) electrons. The van der Waals surface area contributed by atoms with Crippen LogP contribution in [0.5, 0.6) is 5.75 Å². The molecule has 1 atom stereocenters. The van der Waals surface area contributed by atoms with Gasteiger partial charge in [-0.1, -0.05) is 54.6 Å². The molecule has 7 heteroatoms. The van der Waals surface area contributed by atoms with Gasteiger partial charge in [-0.05, 0) is 30.2 Å². The van der Waals surface area contributed by atoms with Crippen LogP contribution in [0.4, 0.5) is 13.6 Å². The Morgan fingerprint density at radius 2 is 1.78 bits per heavy atom. The molecule has 1 unspecified atom stereocenters. The minimum atomic E-state index is -2.92. The van der Waals surface area contributed by atoms with Crippen LogP contribution in [0.25, 0.3) is 6.08 Å².